The molecule has 0 heterocycles. The van der Waals surface area contributed by atoms with Crippen molar-refractivity contribution >= 4 is 15.9 Å². The highest BCUT2D eigenvalue weighted by atomic mass is 79.9. The molecule has 2 rings (SSSR count). The SMILES string of the molecule is Cc1ccc([C@@H](N)COc2cc(C)ccc2Br)cc1. The summed E-state index contributed by atoms with van der Waals surface area (Å²) in [6.07, 6.45) is 0. The minimum absolute atomic E-state index is 0.118. The zero-order valence-corrected chi connectivity index (χ0v) is 12.8. The summed E-state index contributed by atoms with van der Waals surface area (Å²) in [5.41, 5.74) is 9.64. The summed E-state index contributed by atoms with van der Waals surface area (Å²) in [5, 5.41) is 0. The van der Waals surface area contributed by atoms with Crippen LogP contribution in [0, 0.1) is 13.8 Å². The van der Waals surface area contributed by atoms with E-state index in [-0.39, 0.29) is 6.04 Å². The van der Waals surface area contributed by atoms with Crippen LogP contribution in [0.3, 0.4) is 0 Å². The molecule has 2 aromatic rings. The van der Waals surface area contributed by atoms with Crippen molar-refractivity contribution < 1.29 is 4.74 Å². The highest BCUT2D eigenvalue weighted by molar-refractivity contribution is 9.10. The Bertz CT molecular complexity index is 551. The van der Waals surface area contributed by atoms with Crippen LogP contribution in [0.5, 0.6) is 5.75 Å². The topological polar surface area (TPSA) is 35.2 Å². The van der Waals surface area contributed by atoms with Gasteiger partial charge in [0.25, 0.3) is 0 Å². The molecular formula is C16H18BrNO. The van der Waals surface area contributed by atoms with Crippen molar-refractivity contribution in [2.45, 2.75) is 19.9 Å². The Morgan fingerprint density at radius 2 is 1.68 bits per heavy atom. The maximum absolute atomic E-state index is 6.14. The molecule has 0 aliphatic rings. The summed E-state index contributed by atoms with van der Waals surface area (Å²) in [5.74, 6) is 0.836. The van der Waals surface area contributed by atoms with Crippen LogP contribution in [0.4, 0.5) is 0 Å². The van der Waals surface area contributed by atoms with Crippen LogP contribution in [0.25, 0.3) is 0 Å². The number of halogens is 1. The van der Waals surface area contributed by atoms with Crippen LogP contribution in [0.2, 0.25) is 0 Å². The number of hydrogen-bond donors (Lipinski definition) is 1. The van der Waals surface area contributed by atoms with Crippen molar-refractivity contribution in [3.05, 3.63) is 63.6 Å². The van der Waals surface area contributed by atoms with Crippen molar-refractivity contribution in [3.8, 4) is 5.75 Å². The number of ether oxygens (including phenoxy) is 1. The van der Waals surface area contributed by atoms with Gasteiger partial charge in [0.15, 0.2) is 0 Å². The average molecular weight is 320 g/mol. The monoisotopic (exact) mass is 319 g/mol. The molecule has 0 aliphatic carbocycles. The van der Waals surface area contributed by atoms with Gasteiger partial charge in [-0.3, -0.25) is 0 Å². The van der Waals surface area contributed by atoms with E-state index in [1.165, 1.54) is 11.1 Å². The van der Waals surface area contributed by atoms with Crippen molar-refractivity contribution in [1.82, 2.24) is 0 Å². The van der Waals surface area contributed by atoms with Gasteiger partial charge in [-0.2, -0.15) is 0 Å². The summed E-state index contributed by atoms with van der Waals surface area (Å²) in [4.78, 5) is 0. The van der Waals surface area contributed by atoms with Crippen LogP contribution in [0.15, 0.2) is 46.9 Å². The van der Waals surface area contributed by atoms with E-state index in [9.17, 15) is 0 Å². The molecule has 19 heavy (non-hydrogen) atoms. The lowest BCUT2D eigenvalue weighted by atomic mass is 10.1. The van der Waals surface area contributed by atoms with E-state index in [0.717, 1.165) is 15.8 Å². The first-order valence-corrected chi connectivity index (χ1v) is 7.06. The van der Waals surface area contributed by atoms with Gasteiger partial charge >= 0.3 is 0 Å². The highest BCUT2D eigenvalue weighted by Gasteiger charge is 2.08. The van der Waals surface area contributed by atoms with Gasteiger partial charge < -0.3 is 10.5 Å². The van der Waals surface area contributed by atoms with Gasteiger partial charge in [-0.05, 0) is 53.0 Å². The van der Waals surface area contributed by atoms with E-state index in [0.29, 0.717) is 6.61 Å². The zero-order chi connectivity index (χ0) is 13.8. The predicted molar refractivity (Wildman–Crippen MR) is 82.5 cm³/mol. The van der Waals surface area contributed by atoms with E-state index in [1.54, 1.807) is 0 Å². The van der Waals surface area contributed by atoms with Gasteiger partial charge in [0.1, 0.15) is 12.4 Å². The molecule has 0 fully saturated rings. The number of rotatable bonds is 4. The summed E-state index contributed by atoms with van der Waals surface area (Å²) < 4.78 is 6.75. The fourth-order valence-electron chi connectivity index (χ4n) is 1.81. The van der Waals surface area contributed by atoms with Crippen molar-refractivity contribution in [3.63, 3.8) is 0 Å². The summed E-state index contributed by atoms with van der Waals surface area (Å²) >= 11 is 3.48. The summed E-state index contributed by atoms with van der Waals surface area (Å²) in [6.45, 7) is 4.57. The van der Waals surface area contributed by atoms with Crippen molar-refractivity contribution in [2.75, 3.05) is 6.61 Å². The highest BCUT2D eigenvalue weighted by Crippen LogP contribution is 2.26. The Morgan fingerprint density at radius 1 is 1.05 bits per heavy atom. The molecule has 0 spiro atoms. The second-order valence-corrected chi connectivity index (χ2v) is 5.62. The molecule has 0 bridgehead atoms. The third kappa shape index (κ3) is 3.82. The van der Waals surface area contributed by atoms with Crippen LogP contribution in [-0.4, -0.2) is 6.61 Å². The zero-order valence-electron chi connectivity index (χ0n) is 11.2. The molecule has 0 amide bonds. The minimum Gasteiger partial charge on any atom is -0.490 e. The Labute approximate surface area is 122 Å². The minimum atomic E-state index is -0.118. The lowest BCUT2D eigenvalue weighted by Crippen LogP contribution is -2.19. The maximum atomic E-state index is 6.14. The molecule has 0 radical (unpaired) electrons. The maximum Gasteiger partial charge on any atom is 0.133 e. The fourth-order valence-corrected chi connectivity index (χ4v) is 2.17. The normalized spacial score (nSPS) is 12.2. The molecule has 1 atom stereocenters. The first kappa shape index (κ1) is 14.1. The van der Waals surface area contributed by atoms with Crippen LogP contribution in [0.1, 0.15) is 22.7 Å². The van der Waals surface area contributed by atoms with Gasteiger partial charge in [0.05, 0.1) is 10.5 Å². The first-order valence-electron chi connectivity index (χ1n) is 6.27. The third-order valence-electron chi connectivity index (χ3n) is 3.01. The molecule has 2 N–H and O–H groups in total. The Morgan fingerprint density at radius 3 is 2.37 bits per heavy atom. The van der Waals surface area contributed by atoms with Crippen LogP contribution < -0.4 is 10.5 Å². The molecule has 0 saturated heterocycles. The van der Waals surface area contributed by atoms with Crippen LogP contribution in [-0.2, 0) is 0 Å². The molecule has 100 valence electrons. The van der Waals surface area contributed by atoms with E-state index in [4.69, 9.17) is 10.5 Å². The fraction of sp³-hybridized carbons (Fsp3) is 0.250. The Balaban J connectivity index is 2.02. The van der Waals surface area contributed by atoms with Crippen molar-refractivity contribution in [2.24, 2.45) is 5.73 Å². The van der Waals surface area contributed by atoms with E-state index in [1.807, 2.05) is 25.1 Å². The molecule has 0 aliphatic heterocycles. The molecule has 2 nitrogen and oxygen atoms in total. The summed E-state index contributed by atoms with van der Waals surface area (Å²) in [6, 6.07) is 14.1. The third-order valence-corrected chi connectivity index (χ3v) is 3.67. The van der Waals surface area contributed by atoms with Crippen LogP contribution >= 0.6 is 15.9 Å². The standard InChI is InChI=1S/C16H18BrNO/c1-11-3-6-13(7-4-11)15(18)10-19-16-9-12(2)5-8-14(16)17/h3-9,15H,10,18H2,1-2H3/t15-/m0/s1. The first-order chi connectivity index (χ1) is 9.06. The molecule has 3 heteroatoms. The average Bonchev–Trinajstić information content (AvgIpc) is 2.40. The van der Waals surface area contributed by atoms with Gasteiger partial charge in [-0.1, -0.05) is 35.9 Å². The Hall–Kier alpha value is -1.32. The molecule has 0 saturated carbocycles. The van der Waals surface area contributed by atoms with Gasteiger partial charge in [0, 0.05) is 0 Å². The molecule has 0 unspecified atom stereocenters. The quantitative estimate of drug-likeness (QED) is 0.919. The van der Waals surface area contributed by atoms with E-state index >= 15 is 0 Å². The molecular weight excluding hydrogens is 302 g/mol. The van der Waals surface area contributed by atoms with Gasteiger partial charge in [-0.15, -0.1) is 0 Å². The summed E-state index contributed by atoms with van der Waals surface area (Å²) in [7, 11) is 0. The largest absolute Gasteiger partial charge is 0.490 e. The van der Waals surface area contributed by atoms with Gasteiger partial charge in [0.2, 0.25) is 0 Å². The number of benzene rings is 2. The number of nitrogens with two attached hydrogens (primary N) is 1. The van der Waals surface area contributed by atoms with E-state index < -0.39 is 0 Å². The number of aryl methyl sites for hydroxylation is 2. The lowest BCUT2D eigenvalue weighted by Gasteiger charge is -2.15. The predicted octanol–water partition coefficient (Wildman–Crippen LogP) is 4.14. The Kier molecular flexibility index (Phi) is 4.61. The van der Waals surface area contributed by atoms with Gasteiger partial charge in [-0.25, -0.2) is 0 Å². The van der Waals surface area contributed by atoms with Crippen molar-refractivity contribution in [1.29, 1.82) is 0 Å². The second kappa shape index (κ2) is 6.22. The second-order valence-electron chi connectivity index (χ2n) is 4.76. The van der Waals surface area contributed by atoms with E-state index in [2.05, 4.69) is 47.1 Å². The lowest BCUT2D eigenvalue weighted by molar-refractivity contribution is 0.289. The molecule has 0 aromatic heterocycles. The molecule has 2 aromatic carbocycles. The smallest absolute Gasteiger partial charge is 0.133 e. The number of hydrogen-bond acceptors (Lipinski definition) is 2.